The molecule has 4 heteroatoms. The molecule has 1 amide bonds. The van der Waals surface area contributed by atoms with Crippen LogP contribution in [0.25, 0.3) is 11.1 Å². The van der Waals surface area contributed by atoms with Crippen molar-refractivity contribution in [3.8, 4) is 11.1 Å². The second-order valence-corrected chi connectivity index (χ2v) is 9.21. The van der Waals surface area contributed by atoms with Gasteiger partial charge in [0.25, 0.3) is 0 Å². The fourth-order valence-electron chi connectivity index (χ4n) is 5.16. The standard InChI is InChI=1S/C29H30N2O2/c32-28(25-11-5-2-6-12-25)27-20-26(31(29(27)33)21-30-17-7-8-18-30)19-22-13-15-24(16-14-22)23-9-3-1-4-10-23/h1-6,9-16,26-27H,7-8,17-21H2/t26-,27?/m1/s1. The van der Waals surface area contributed by atoms with Crippen molar-refractivity contribution in [1.82, 2.24) is 9.80 Å². The highest BCUT2D eigenvalue weighted by atomic mass is 16.2. The van der Waals surface area contributed by atoms with E-state index in [1.54, 1.807) is 0 Å². The number of hydrogen-bond acceptors (Lipinski definition) is 3. The van der Waals surface area contributed by atoms with E-state index in [0.29, 0.717) is 18.7 Å². The van der Waals surface area contributed by atoms with Crippen LogP contribution in [-0.2, 0) is 11.2 Å². The third-order valence-corrected chi connectivity index (χ3v) is 6.99. The summed E-state index contributed by atoms with van der Waals surface area (Å²) < 4.78 is 0. The molecule has 2 saturated heterocycles. The van der Waals surface area contributed by atoms with Crippen LogP contribution in [0.3, 0.4) is 0 Å². The Balaban J connectivity index is 1.35. The van der Waals surface area contributed by atoms with Gasteiger partial charge in [0.15, 0.2) is 5.78 Å². The molecule has 0 N–H and O–H groups in total. The van der Waals surface area contributed by atoms with E-state index in [0.717, 1.165) is 19.5 Å². The van der Waals surface area contributed by atoms with Crippen molar-refractivity contribution < 1.29 is 9.59 Å². The quantitative estimate of drug-likeness (QED) is 0.383. The first-order valence-electron chi connectivity index (χ1n) is 12.0. The lowest BCUT2D eigenvalue weighted by Crippen LogP contribution is -2.43. The van der Waals surface area contributed by atoms with Gasteiger partial charge in [0, 0.05) is 11.6 Å². The van der Waals surface area contributed by atoms with Crippen molar-refractivity contribution in [2.75, 3.05) is 19.8 Å². The van der Waals surface area contributed by atoms with Gasteiger partial charge in [0.2, 0.25) is 5.91 Å². The number of Topliss-reactive ketones (excluding diaryl/α,β-unsaturated/α-hetero) is 1. The summed E-state index contributed by atoms with van der Waals surface area (Å²) in [5, 5.41) is 0. The second kappa shape index (κ2) is 9.72. The van der Waals surface area contributed by atoms with Crippen molar-refractivity contribution in [2.45, 2.75) is 31.7 Å². The zero-order valence-electron chi connectivity index (χ0n) is 18.9. The average Bonchev–Trinajstić information content (AvgIpc) is 3.49. The molecule has 0 spiro atoms. The number of ketones is 1. The molecular formula is C29H30N2O2. The highest BCUT2D eigenvalue weighted by Crippen LogP contribution is 2.31. The van der Waals surface area contributed by atoms with Crippen molar-refractivity contribution in [3.63, 3.8) is 0 Å². The Labute approximate surface area is 195 Å². The third kappa shape index (κ3) is 4.76. The monoisotopic (exact) mass is 438 g/mol. The Bertz CT molecular complexity index is 1090. The first kappa shape index (κ1) is 21.6. The maximum absolute atomic E-state index is 13.4. The van der Waals surface area contributed by atoms with Crippen LogP contribution in [0.15, 0.2) is 84.9 Å². The normalized spacial score (nSPS) is 21.0. The number of hydrogen-bond donors (Lipinski definition) is 0. The Morgan fingerprint density at radius 1 is 0.788 bits per heavy atom. The van der Waals surface area contributed by atoms with Gasteiger partial charge in [0.05, 0.1) is 6.67 Å². The minimum absolute atomic E-state index is 0.0124. The molecule has 2 fully saturated rings. The number of carbonyl (C=O) groups excluding carboxylic acids is 2. The summed E-state index contributed by atoms with van der Waals surface area (Å²) in [5.41, 5.74) is 4.22. The van der Waals surface area contributed by atoms with Crippen LogP contribution in [0.5, 0.6) is 0 Å². The summed E-state index contributed by atoms with van der Waals surface area (Å²) in [7, 11) is 0. The number of likely N-dealkylation sites (tertiary alicyclic amines) is 2. The van der Waals surface area contributed by atoms with E-state index >= 15 is 0 Å². The summed E-state index contributed by atoms with van der Waals surface area (Å²) in [4.78, 5) is 30.9. The van der Waals surface area contributed by atoms with Crippen LogP contribution < -0.4 is 0 Å². The van der Waals surface area contributed by atoms with Crippen LogP contribution in [0, 0.1) is 5.92 Å². The van der Waals surface area contributed by atoms with Crippen molar-refractivity contribution in [1.29, 1.82) is 0 Å². The predicted molar refractivity (Wildman–Crippen MR) is 131 cm³/mol. The molecule has 2 atom stereocenters. The van der Waals surface area contributed by atoms with E-state index in [9.17, 15) is 9.59 Å². The summed E-state index contributed by atoms with van der Waals surface area (Å²) >= 11 is 0. The molecule has 0 aromatic heterocycles. The van der Waals surface area contributed by atoms with Gasteiger partial charge in [-0.25, -0.2) is 0 Å². The maximum Gasteiger partial charge on any atom is 0.234 e. The third-order valence-electron chi connectivity index (χ3n) is 6.99. The molecule has 2 aliphatic rings. The minimum atomic E-state index is -0.580. The van der Waals surface area contributed by atoms with Gasteiger partial charge in [-0.05, 0) is 55.5 Å². The zero-order valence-corrected chi connectivity index (χ0v) is 18.9. The molecule has 33 heavy (non-hydrogen) atoms. The topological polar surface area (TPSA) is 40.6 Å². The van der Waals surface area contributed by atoms with Gasteiger partial charge in [-0.3, -0.25) is 14.5 Å². The molecule has 168 valence electrons. The van der Waals surface area contributed by atoms with Crippen molar-refractivity contribution >= 4 is 11.7 Å². The maximum atomic E-state index is 13.4. The van der Waals surface area contributed by atoms with Crippen molar-refractivity contribution in [3.05, 3.63) is 96.1 Å². The molecular weight excluding hydrogens is 408 g/mol. The highest BCUT2D eigenvalue weighted by molar-refractivity contribution is 6.11. The molecule has 0 saturated carbocycles. The van der Waals surface area contributed by atoms with Crippen LogP contribution in [0.4, 0.5) is 0 Å². The van der Waals surface area contributed by atoms with Crippen LogP contribution in [0.1, 0.15) is 35.2 Å². The smallest absolute Gasteiger partial charge is 0.234 e. The molecule has 0 radical (unpaired) electrons. The Kier molecular flexibility index (Phi) is 6.36. The molecule has 0 aliphatic carbocycles. The Morgan fingerprint density at radius 3 is 2.06 bits per heavy atom. The lowest BCUT2D eigenvalue weighted by molar-refractivity contribution is -0.132. The van der Waals surface area contributed by atoms with E-state index in [1.807, 2.05) is 53.4 Å². The molecule has 4 nitrogen and oxygen atoms in total. The van der Waals surface area contributed by atoms with Gasteiger partial charge in [-0.1, -0.05) is 84.9 Å². The Hall–Kier alpha value is -3.24. The largest absolute Gasteiger partial charge is 0.326 e. The second-order valence-electron chi connectivity index (χ2n) is 9.21. The molecule has 2 aliphatic heterocycles. The lowest BCUT2D eigenvalue weighted by Gasteiger charge is -2.29. The first-order valence-corrected chi connectivity index (χ1v) is 12.0. The van der Waals surface area contributed by atoms with E-state index < -0.39 is 5.92 Å². The molecule has 0 bridgehead atoms. The SMILES string of the molecule is O=C(c1ccccc1)C1C[C@@H](Cc2ccc(-c3ccccc3)cc2)N(CN2CCCC2)C1=O. The minimum Gasteiger partial charge on any atom is -0.326 e. The van der Waals surface area contributed by atoms with E-state index in [2.05, 4.69) is 41.3 Å². The summed E-state index contributed by atoms with van der Waals surface area (Å²) in [5.74, 6) is -0.640. The fourth-order valence-corrected chi connectivity index (χ4v) is 5.16. The summed E-state index contributed by atoms with van der Waals surface area (Å²) in [6.45, 7) is 2.68. The molecule has 5 rings (SSSR count). The average molecular weight is 439 g/mol. The summed E-state index contributed by atoms with van der Waals surface area (Å²) in [6.07, 6.45) is 3.72. The Morgan fingerprint density at radius 2 is 1.39 bits per heavy atom. The van der Waals surface area contributed by atoms with Crippen LogP contribution in [0.2, 0.25) is 0 Å². The highest BCUT2D eigenvalue weighted by Gasteiger charge is 2.44. The number of carbonyl (C=O) groups is 2. The predicted octanol–water partition coefficient (Wildman–Crippen LogP) is 5.05. The van der Waals surface area contributed by atoms with E-state index in [-0.39, 0.29) is 17.7 Å². The van der Waals surface area contributed by atoms with Gasteiger partial charge in [-0.15, -0.1) is 0 Å². The molecule has 1 unspecified atom stereocenters. The van der Waals surface area contributed by atoms with Gasteiger partial charge in [0.1, 0.15) is 5.92 Å². The molecule has 2 heterocycles. The number of benzene rings is 3. The van der Waals surface area contributed by atoms with E-state index in [4.69, 9.17) is 0 Å². The fraction of sp³-hybridized carbons (Fsp3) is 0.310. The number of amides is 1. The van der Waals surface area contributed by atoms with E-state index in [1.165, 1.54) is 29.5 Å². The summed E-state index contributed by atoms with van der Waals surface area (Å²) in [6, 6.07) is 28.3. The van der Waals surface area contributed by atoms with Crippen molar-refractivity contribution in [2.24, 2.45) is 5.92 Å². The van der Waals surface area contributed by atoms with Gasteiger partial charge < -0.3 is 4.90 Å². The zero-order chi connectivity index (χ0) is 22.6. The van der Waals surface area contributed by atoms with Gasteiger partial charge in [-0.2, -0.15) is 0 Å². The number of rotatable bonds is 7. The van der Waals surface area contributed by atoms with Crippen LogP contribution >= 0.6 is 0 Å². The lowest BCUT2D eigenvalue weighted by atomic mass is 9.92. The first-order chi connectivity index (χ1) is 16.2. The van der Waals surface area contributed by atoms with Gasteiger partial charge >= 0.3 is 0 Å². The number of nitrogens with zero attached hydrogens (tertiary/aromatic N) is 2. The molecule has 3 aromatic carbocycles. The molecule has 3 aromatic rings. The van der Waals surface area contributed by atoms with Crippen LogP contribution in [-0.4, -0.2) is 47.3 Å².